The Morgan fingerprint density at radius 2 is 2.00 bits per heavy atom. The molecule has 0 bridgehead atoms. The first-order chi connectivity index (χ1) is 14.3. The molecule has 1 aliphatic heterocycles. The summed E-state index contributed by atoms with van der Waals surface area (Å²) >= 11 is 11.9. The van der Waals surface area contributed by atoms with Gasteiger partial charge in [0.1, 0.15) is 5.75 Å². The van der Waals surface area contributed by atoms with Crippen molar-refractivity contribution in [2.45, 2.75) is 13.3 Å². The van der Waals surface area contributed by atoms with Gasteiger partial charge in [-0.3, -0.25) is 14.4 Å². The van der Waals surface area contributed by atoms with E-state index in [1.807, 2.05) is 0 Å². The van der Waals surface area contributed by atoms with E-state index < -0.39 is 24.4 Å². The van der Waals surface area contributed by atoms with Crippen LogP contribution in [-0.2, 0) is 19.1 Å². The summed E-state index contributed by atoms with van der Waals surface area (Å²) in [5.41, 5.74) is 1.08. The van der Waals surface area contributed by atoms with Gasteiger partial charge in [0, 0.05) is 13.0 Å². The number of hydrogen-bond acceptors (Lipinski definition) is 6. The van der Waals surface area contributed by atoms with Gasteiger partial charge in [-0.15, -0.1) is 0 Å². The average molecular weight is 452 g/mol. The molecule has 2 heterocycles. The van der Waals surface area contributed by atoms with Crippen molar-refractivity contribution in [3.05, 3.63) is 46.1 Å². The lowest BCUT2D eigenvalue weighted by atomic mass is 10.1. The topological polar surface area (TPSA) is 97.8 Å². The molecule has 3 rings (SSSR count). The quantitative estimate of drug-likeness (QED) is 0.676. The zero-order valence-electron chi connectivity index (χ0n) is 16.3. The summed E-state index contributed by atoms with van der Waals surface area (Å²) in [6.45, 7) is 1.28. The van der Waals surface area contributed by atoms with Crippen LogP contribution in [0.2, 0.25) is 10.0 Å². The minimum atomic E-state index is -0.685. The first kappa shape index (κ1) is 21.9. The molecular formula is C20H19Cl2N3O5. The molecule has 0 unspecified atom stereocenters. The molecule has 1 N–H and O–H groups in total. The molecule has 10 heteroatoms. The predicted molar refractivity (Wildman–Crippen MR) is 112 cm³/mol. The number of para-hydroxylation sites is 2. The molecular weight excluding hydrogens is 433 g/mol. The molecule has 0 aliphatic carbocycles. The lowest BCUT2D eigenvalue weighted by molar-refractivity contribution is -0.151. The highest BCUT2D eigenvalue weighted by Crippen LogP contribution is 2.33. The number of aromatic nitrogens is 1. The number of carbonyl (C=O) groups is 3. The van der Waals surface area contributed by atoms with Crippen molar-refractivity contribution in [1.29, 1.82) is 0 Å². The molecule has 1 aromatic carbocycles. The van der Waals surface area contributed by atoms with E-state index in [0.29, 0.717) is 22.2 Å². The number of aryl methyl sites for hydroxylation is 1. The summed E-state index contributed by atoms with van der Waals surface area (Å²) in [6, 6.07) is 8.50. The SMILES string of the molecule is COc1ccccc1N1C[C@@H](C(=O)OCC(=O)Nc2nc(C)c(Cl)cc2Cl)CC1=O. The van der Waals surface area contributed by atoms with Gasteiger partial charge in [0.15, 0.2) is 12.4 Å². The zero-order chi connectivity index (χ0) is 21.8. The number of benzene rings is 1. The van der Waals surface area contributed by atoms with Gasteiger partial charge in [0.05, 0.1) is 34.5 Å². The Labute approximate surface area is 183 Å². The minimum Gasteiger partial charge on any atom is -0.495 e. The van der Waals surface area contributed by atoms with Crippen LogP contribution in [0.15, 0.2) is 30.3 Å². The normalized spacial score (nSPS) is 15.8. The number of ether oxygens (including phenoxy) is 2. The molecule has 1 fully saturated rings. The summed E-state index contributed by atoms with van der Waals surface area (Å²) in [7, 11) is 1.51. The molecule has 8 nitrogen and oxygen atoms in total. The van der Waals surface area contributed by atoms with Crippen LogP contribution in [0, 0.1) is 12.8 Å². The van der Waals surface area contributed by atoms with Crippen molar-refractivity contribution in [1.82, 2.24) is 4.98 Å². The molecule has 1 atom stereocenters. The van der Waals surface area contributed by atoms with Crippen molar-refractivity contribution in [3.63, 3.8) is 0 Å². The second-order valence-electron chi connectivity index (χ2n) is 6.62. The highest BCUT2D eigenvalue weighted by atomic mass is 35.5. The zero-order valence-corrected chi connectivity index (χ0v) is 17.8. The first-order valence-electron chi connectivity index (χ1n) is 9.02. The Morgan fingerprint density at radius 3 is 2.73 bits per heavy atom. The van der Waals surface area contributed by atoms with Gasteiger partial charge in [-0.1, -0.05) is 35.3 Å². The van der Waals surface area contributed by atoms with Crippen molar-refractivity contribution in [2.75, 3.05) is 30.5 Å². The second-order valence-corrected chi connectivity index (χ2v) is 7.43. The maximum absolute atomic E-state index is 12.4. The second kappa shape index (κ2) is 9.32. The summed E-state index contributed by atoms with van der Waals surface area (Å²) < 4.78 is 10.4. The third-order valence-corrected chi connectivity index (χ3v) is 5.21. The van der Waals surface area contributed by atoms with Gasteiger partial charge in [-0.2, -0.15) is 0 Å². The van der Waals surface area contributed by atoms with Crippen LogP contribution in [0.1, 0.15) is 12.1 Å². The van der Waals surface area contributed by atoms with Gasteiger partial charge < -0.3 is 19.7 Å². The Hall–Kier alpha value is -2.84. The lowest BCUT2D eigenvalue weighted by Crippen LogP contribution is -2.28. The number of carbonyl (C=O) groups excluding carboxylic acids is 3. The molecule has 1 saturated heterocycles. The standard InChI is InChI=1S/C20H19Cl2N3O5/c1-11-13(21)8-14(22)19(23-11)24-17(26)10-30-20(28)12-7-18(27)25(9-12)15-5-3-4-6-16(15)29-2/h3-6,8,12H,7,9-10H2,1-2H3,(H,23,24,26)/t12-/m0/s1. The van der Waals surface area contributed by atoms with E-state index >= 15 is 0 Å². The highest BCUT2D eigenvalue weighted by Gasteiger charge is 2.37. The Kier molecular flexibility index (Phi) is 6.79. The van der Waals surface area contributed by atoms with Crippen LogP contribution < -0.4 is 15.0 Å². The van der Waals surface area contributed by atoms with Gasteiger partial charge in [0.2, 0.25) is 5.91 Å². The largest absolute Gasteiger partial charge is 0.495 e. The molecule has 1 aromatic heterocycles. The van der Waals surface area contributed by atoms with E-state index in [4.69, 9.17) is 32.7 Å². The fourth-order valence-electron chi connectivity index (χ4n) is 3.02. The van der Waals surface area contributed by atoms with E-state index in [1.165, 1.54) is 18.1 Å². The highest BCUT2D eigenvalue weighted by molar-refractivity contribution is 6.36. The fourth-order valence-corrected chi connectivity index (χ4v) is 3.43. The monoisotopic (exact) mass is 451 g/mol. The molecule has 0 radical (unpaired) electrons. The number of esters is 1. The Balaban J connectivity index is 1.57. The third-order valence-electron chi connectivity index (χ3n) is 4.54. The molecule has 158 valence electrons. The van der Waals surface area contributed by atoms with Gasteiger partial charge in [-0.05, 0) is 25.1 Å². The summed E-state index contributed by atoms with van der Waals surface area (Å²) in [6.07, 6.45) is -0.0116. The number of rotatable bonds is 6. The number of anilines is 2. The third kappa shape index (κ3) is 4.83. The Morgan fingerprint density at radius 1 is 1.27 bits per heavy atom. The van der Waals surface area contributed by atoms with Crippen LogP contribution in [-0.4, -0.2) is 43.0 Å². The van der Waals surface area contributed by atoms with E-state index in [1.54, 1.807) is 31.2 Å². The minimum absolute atomic E-state index is 0.0116. The van der Waals surface area contributed by atoms with Crippen molar-refractivity contribution in [3.8, 4) is 5.75 Å². The fraction of sp³-hybridized carbons (Fsp3) is 0.300. The molecule has 30 heavy (non-hydrogen) atoms. The number of nitrogens with zero attached hydrogens (tertiary/aromatic N) is 2. The molecule has 2 aromatic rings. The number of pyridine rings is 1. The van der Waals surface area contributed by atoms with Crippen LogP contribution in [0.3, 0.4) is 0 Å². The number of halogens is 2. The number of nitrogens with one attached hydrogen (secondary N) is 1. The van der Waals surface area contributed by atoms with E-state index in [9.17, 15) is 14.4 Å². The number of methoxy groups -OCH3 is 1. The Bertz CT molecular complexity index is 998. The van der Waals surface area contributed by atoms with E-state index in [-0.39, 0.29) is 29.7 Å². The lowest BCUT2D eigenvalue weighted by Gasteiger charge is -2.19. The van der Waals surface area contributed by atoms with E-state index in [2.05, 4.69) is 10.3 Å². The summed E-state index contributed by atoms with van der Waals surface area (Å²) in [5.74, 6) is -1.50. The maximum Gasteiger partial charge on any atom is 0.311 e. The van der Waals surface area contributed by atoms with Crippen molar-refractivity contribution < 1.29 is 23.9 Å². The number of amides is 2. The molecule has 0 saturated carbocycles. The van der Waals surface area contributed by atoms with Crippen molar-refractivity contribution >= 4 is 52.5 Å². The predicted octanol–water partition coefficient (Wildman–Crippen LogP) is 3.24. The number of hydrogen-bond donors (Lipinski definition) is 1. The summed E-state index contributed by atoms with van der Waals surface area (Å²) in [5, 5.41) is 3.01. The van der Waals surface area contributed by atoms with Gasteiger partial charge in [0.25, 0.3) is 5.91 Å². The van der Waals surface area contributed by atoms with Gasteiger partial charge >= 0.3 is 5.97 Å². The van der Waals surface area contributed by atoms with E-state index in [0.717, 1.165) is 0 Å². The average Bonchev–Trinajstić information content (AvgIpc) is 3.11. The van der Waals surface area contributed by atoms with Gasteiger partial charge in [-0.25, -0.2) is 4.98 Å². The van der Waals surface area contributed by atoms with Crippen molar-refractivity contribution in [2.24, 2.45) is 5.92 Å². The molecule has 2 amide bonds. The van der Waals surface area contributed by atoms with Crippen LogP contribution >= 0.6 is 23.2 Å². The van der Waals surface area contributed by atoms with Crippen LogP contribution in [0.25, 0.3) is 0 Å². The smallest absolute Gasteiger partial charge is 0.311 e. The van der Waals surface area contributed by atoms with Crippen LogP contribution in [0.4, 0.5) is 11.5 Å². The molecule has 1 aliphatic rings. The summed E-state index contributed by atoms with van der Waals surface area (Å²) in [4.78, 5) is 42.4. The van der Waals surface area contributed by atoms with Crippen LogP contribution in [0.5, 0.6) is 5.75 Å². The first-order valence-corrected chi connectivity index (χ1v) is 9.78. The maximum atomic E-state index is 12.4. The molecule has 0 spiro atoms.